The fourth-order valence-corrected chi connectivity index (χ4v) is 2.58. The Balaban J connectivity index is 1.85. The second-order valence-corrected chi connectivity index (χ2v) is 5.21. The van der Waals surface area contributed by atoms with Crippen molar-refractivity contribution in [3.63, 3.8) is 0 Å². The molecule has 106 valence electrons. The Labute approximate surface area is 115 Å². The van der Waals surface area contributed by atoms with E-state index in [-0.39, 0.29) is 11.5 Å². The predicted octanol–water partition coefficient (Wildman–Crippen LogP) is 2.41. The molecule has 0 bridgehead atoms. The van der Waals surface area contributed by atoms with Gasteiger partial charge in [-0.2, -0.15) is 0 Å². The Kier molecular flexibility index (Phi) is 4.91. The van der Waals surface area contributed by atoms with Crippen LogP contribution in [0.2, 0.25) is 0 Å². The van der Waals surface area contributed by atoms with E-state index < -0.39 is 0 Å². The summed E-state index contributed by atoms with van der Waals surface area (Å²) < 4.78 is 0. The Morgan fingerprint density at radius 3 is 2.42 bits per heavy atom. The number of anilines is 1. The minimum absolute atomic E-state index is 0.111. The summed E-state index contributed by atoms with van der Waals surface area (Å²) in [6, 6.07) is 4.82. The number of hydrogen-bond donors (Lipinski definition) is 2. The number of aromatic hydroxyl groups is 2. The highest BCUT2D eigenvalue weighted by Crippen LogP contribution is 2.31. The standard InChI is InChI=1S/C15H24N2O2/c1-2-3-4-7-16-8-10-17(11-9-16)14-6-5-13(18)12-15(14)19/h5-6,12,18-19H,2-4,7-11H2,1H3. The predicted molar refractivity (Wildman–Crippen MR) is 77.9 cm³/mol. The van der Waals surface area contributed by atoms with Gasteiger partial charge in [0.05, 0.1) is 5.69 Å². The van der Waals surface area contributed by atoms with Gasteiger partial charge >= 0.3 is 0 Å². The van der Waals surface area contributed by atoms with E-state index in [0.29, 0.717) is 0 Å². The van der Waals surface area contributed by atoms with Crippen molar-refractivity contribution in [3.05, 3.63) is 18.2 Å². The van der Waals surface area contributed by atoms with Gasteiger partial charge in [0.2, 0.25) is 0 Å². The van der Waals surface area contributed by atoms with Gasteiger partial charge in [-0.15, -0.1) is 0 Å². The van der Waals surface area contributed by atoms with E-state index >= 15 is 0 Å². The first-order chi connectivity index (χ1) is 9.20. The Hall–Kier alpha value is -1.42. The largest absolute Gasteiger partial charge is 0.508 e. The molecule has 0 unspecified atom stereocenters. The van der Waals surface area contributed by atoms with Crippen LogP contribution in [0.5, 0.6) is 11.5 Å². The first-order valence-electron chi connectivity index (χ1n) is 7.20. The van der Waals surface area contributed by atoms with Crippen molar-refractivity contribution in [1.82, 2.24) is 4.90 Å². The van der Waals surface area contributed by atoms with Crippen molar-refractivity contribution < 1.29 is 10.2 Å². The van der Waals surface area contributed by atoms with Gasteiger partial charge in [0.25, 0.3) is 0 Å². The number of piperazine rings is 1. The monoisotopic (exact) mass is 264 g/mol. The molecule has 0 spiro atoms. The van der Waals surface area contributed by atoms with Crippen LogP contribution in [0.3, 0.4) is 0 Å². The van der Waals surface area contributed by atoms with Gasteiger partial charge in [-0.3, -0.25) is 4.90 Å². The van der Waals surface area contributed by atoms with E-state index in [9.17, 15) is 10.2 Å². The second kappa shape index (κ2) is 6.66. The highest BCUT2D eigenvalue weighted by molar-refractivity contribution is 5.60. The van der Waals surface area contributed by atoms with Crippen LogP contribution in [-0.4, -0.2) is 47.8 Å². The van der Waals surface area contributed by atoms with Gasteiger partial charge < -0.3 is 15.1 Å². The number of nitrogens with zero attached hydrogens (tertiary/aromatic N) is 2. The molecule has 0 aromatic heterocycles. The number of rotatable bonds is 5. The molecule has 2 rings (SSSR count). The lowest BCUT2D eigenvalue weighted by Crippen LogP contribution is -2.46. The molecule has 1 aromatic carbocycles. The van der Waals surface area contributed by atoms with Crippen LogP contribution in [0.15, 0.2) is 18.2 Å². The Morgan fingerprint density at radius 2 is 1.79 bits per heavy atom. The zero-order valence-electron chi connectivity index (χ0n) is 11.7. The van der Waals surface area contributed by atoms with Gasteiger partial charge in [-0.1, -0.05) is 19.8 Å². The van der Waals surface area contributed by atoms with Gasteiger partial charge in [0.1, 0.15) is 11.5 Å². The van der Waals surface area contributed by atoms with Crippen LogP contribution < -0.4 is 4.90 Å². The molecular formula is C15H24N2O2. The summed E-state index contributed by atoms with van der Waals surface area (Å²) in [5.41, 5.74) is 0.825. The summed E-state index contributed by atoms with van der Waals surface area (Å²) >= 11 is 0. The summed E-state index contributed by atoms with van der Waals surface area (Å²) in [6.07, 6.45) is 3.85. The van der Waals surface area contributed by atoms with Gasteiger partial charge in [0.15, 0.2) is 0 Å². The third kappa shape index (κ3) is 3.77. The molecule has 0 saturated carbocycles. The molecule has 0 amide bonds. The van der Waals surface area contributed by atoms with E-state index in [1.165, 1.54) is 31.9 Å². The number of hydrogen-bond acceptors (Lipinski definition) is 4. The molecule has 1 fully saturated rings. The van der Waals surface area contributed by atoms with E-state index in [1.54, 1.807) is 12.1 Å². The lowest BCUT2D eigenvalue weighted by Gasteiger charge is -2.36. The van der Waals surface area contributed by atoms with Crippen LogP contribution in [0.1, 0.15) is 26.2 Å². The van der Waals surface area contributed by atoms with Gasteiger partial charge in [0, 0.05) is 32.2 Å². The summed E-state index contributed by atoms with van der Waals surface area (Å²) in [5.74, 6) is 0.277. The van der Waals surface area contributed by atoms with E-state index in [0.717, 1.165) is 31.9 Å². The smallest absolute Gasteiger partial charge is 0.142 e. The SMILES string of the molecule is CCCCCN1CCN(c2ccc(O)cc2O)CC1. The van der Waals surface area contributed by atoms with E-state index in [1.807, 2.05) is 0 Å². The summed E-state index contributed by atoms with van der Waals surface area (Å²) in [4.78, 5) is 4.68. The number of unbranched alkanes of at least 4 members (excludes halogenated alkanes) is 2. The molecule has 1 aromatic rings. The van der Waals surface area contributed by atoms with Crippen LogP contribution in [-0.2, 0) is 0 Å². The summed E-state index contributed by atoms with van der Waals surface area (Å²) in [6.45, 7) is 7.37. The molecule has 1 heterocycles. The first-order valence-corrected chi connectivity index (χ1v) is 7.20. The second-order valence-electron chi connectivity index (χ2n) is 5.21. The quantitative estimate of drug-likeness (QED) is 0.802. The molecule has 2 N–H and O–H groups in total. The Bertz CT molecular complexity index is 401. The third-order valence-corrected chi connectivity index (χ3v) is 3.75. The zero-order valence-corrected chi connectivity index (χ0v) is 11.7. The summed E-state index contributed by atoms with van der Waals surface area (Å²) in [7, 11) is 0. The molecule has 1 aliphatic rings. The Morgan fingerprint density at radius 1 is 1.05 bits per heavy atom. The summed E-state index contributed by atoms with van der Waals surface area (Å²) in [5, 5.41) is 19.2. The molecule has 4 heteroatoms. The fourth-order valence-electron chi connectivity index (χ4n) is 2.58. The van der Waals surface area contributed by atoms with Crippen LogP contribution >= 0.6 is 0 Å². The molecule has 4 nitrogen and oxygen atoms in total. The van der Waals surface area contributed by atoms with Crippen molar-refractivity contribution >= 4 is 5.69 Å². The third-order valence-electron chi connectivity index (χ3n) is 3.75. The lowest BCUT2D eigenvalue weighted by molar-refractivity contribution is 0.252. The zero-order chi connectivity index (χ0) is 13.7. The molecule has 19 heavy (non-hydrogen) atoms. The van der Waals surface area contributed by atoms with Crippen LogP contribution in [0.4, 0.5) is 5.69 Å². The molecule has 0 aliphatic carbocycles. The number of benzene rings is 1. The van der Waals surface area contributed by atoms with Crippen molar-refractivity contribution in [2.45, 2.75) is 26.2 Å². The van der Waals surface area contributed by atoms with Crippen molar-refractivity contribution in [3.8, 4) is 11.5 Å². The lowest BCUT2D eigenvalue weighted by atomic mass is 10.2. The van der Waals surface area contributed by atoms with Crippen molar-refractivity contribution in [1.29, 1.82) is 0 Å². The normalized spacial score (nSPS) is 16.8. The van der Waals surface area contributed by atoms with Crippen LogP contribution in [0.25, 0.3) is 0 Å². The molecule has 0 atom stereocenters. The maximum Gasteiger partial charge on any atom is 0.142 e. The minimum Gasteiger partial charge on any atom is -0.508 e. The molecular weight excluding hydrogens is 240 g/mol. The molecule has 1 aliphatic heterocycles. The maximum absolute atomic E-state index is 9.87. The van der Waals surface area contributed by atoms with E-state index in [4.69, 9.17) is 0 Å². The van der Waals surface area contributed by atoms with Crippen molar-refractivity contribution in [2.24, 2.45) is 0 Å². The topological polar surface area (TPSA) is 46.9 Å². The van der Waals surface area contributed by atoms with Gasteiger partial charge in [-0.05, 0) is 25.1 Å². The highest BCUT2D eigenvalue weighted by Gasteiger charge is 2.18. The maximum atomic E-state index is 9.87. The fraction of sp³-hybridized carbons (Fsp3) is 0.600. The molecule has 0 radical (unpaired) electrons. The average molecular weight is 264 g/mol. The molecule has 1 saturated heterocycles. The number of phenols is 2. The highest BCUT2D eigenvalue weighted by atomic mass is 16.3. The van der Waals surface area contributed by atoms with Gasteiger partial charge in [-0.25, -0.2) is 0 Å². The average Bonchev–Trinajstić information content (AvgIpc) is 2.40. The van der Waals surface area contributed by atoms with Crippen LogP contribution in [0, 0.1) is 0 Å². The van der Waals surface area contributed by atoms with Crippen molar-refractivity contribution in [2.75, 3.05) is 37.6 Å². The van der Waals surface area contributed by atoms with E-state index in [2.05, 4.69) is 16.7 Å². The number of phenolic OH excluding ortho intramolecular Hbond substituents is 2. The minimum atomic E-state index is 0.111. The first kappa shape index (κ1) is 14.0.